The molecule has 0 spiro atoms. The predicted molar refractivity (Wildman–Crippen MR) is 71.7 cm³/mol. The van der Waals surface area contributed by atoms with Gasteiger partial charge >= 0.3 is 0 Å². The van der Waals surface area contributed by atoms with Crippen LogP contribution in [0.5, 0.6) is 0 Å². The number of rotatable bonds is 6. The van der Waals surface area contributed by atoms with E-state index in [0.717, 1.165) is 12.8 Å². The number of nitrogens with zero attached hydrogens (tertiary/aromatic N) is 1. The van der Waals surface area contributed by atoms with Gasteiger partial charge in [-0.25, -0.2) is 0 Å². The predicted octanol–water partition coefficient (Wildman–Crippen LogP) is 2.76. The zero-order chi connectivity index (χ0) is 13.0. The minimum atomic E-state index is 0.0362. The summed E-state index contributed by atoms with van der Waals surface area (Å²) in [7, 11) is 0. The van der Waals surface area contributed by atoms with Gasteiger partial charge in [0, 0.05) is 6.04 Å². The zero-order valence-corrected chi connectivity index (χ0v) is 12.0. The monoisotopic (exact) mass is 240 g/mol. The van der Waals surface area contributed by atoms with Crippen molar-refractivity contribution in [1.29, 1.82) is 0 Å². The molecule has 1 aliphatic heterocycles. The number of nitrogens with one attached hydrogen (secondary N) is 1. The van der Waals surface area contributed by atoms with Crippen LogP contribution in [0.25, 0.3) is 0 Å². The number of hydrogen-bond donors (Lipinski definition) is 1. The number of unbranched alkanes of at least 4 members (excludes halogenated alkanes) is 1. The fourth-order valence-electron chi connectivity index (χ4n) is 2.69. The topological polar surface area (TPSA) is 32.3 Å². The summed E-state index contributed by atoms with van der Waals surface area (Å²) in [5, 5.41) is 3.42. The van der Waals surface area contributed by atoms with Gasteiger partial charge in [0.25, 0.3) is 0 Å². The Morgan fingerprint density at radius 2 is 2.00 bits per heavy atom. The van der Waals surface area contributed by atoms with Crippen LogP contribution in [0.15, 0.2) is 0 Å². The number of carbonyl (C=O) groups is 1. The lowest BCUT2D eigenvalue weighted by Gasteiger charge is -2.28. The van der Waals surface area contributed by atoms with Gasteiger partial charge in [0.1, 0.15) is 0 Å². The van der Waals surface area contributed by atoms with Gasteiger partial charge < -0.3 is 4.90 Å². The normalized spacial score (nSPS) is 26.9. The van der Waals surface area contributed by atoms with Crippen LogP contribution in [-0.2, 0) is 4.79 Å². The van der Waals surface area contributed by atoms with Crippen LogP contribution < -0.4 is 5.32 Å². The molecule has 0 saturated carbocycles. The summed E-state index contributed by atoms with van der Waals surface area (Å²) in [5.41, 5.74) is 0. The number of amides is 1. The van der Waals surface area contributed by atoms with E-state index in [1.807, 2.05) is 4.90 Å². The number of carbonyl (C=O) groups excluding carboxylic acids is 1. The van der Waals surface area contributed by atoms with E-state index in [-0.39, 0.29) is 12.2 Å². The third-order valence-corrected chi connectivity index (χ3v) is 3.57. The van der Waals surface area contributed by atoms with E-state index in [1.165, 1.54) is 12.8 Å². The van der Waals surface area contributed by atoms with Gasteiger partial charge in [-0.3, -0.25) is 10.1 Å². The molecule has 1 aliphatic rings. The van der Waals surface area contributed by atoms with Crippen molar-refractivity contribution < 1.29 is 4.79 Å². The molecule has 3 heteroatoms. The third-order valence-electron chi connectivity index (χ3n) is 3.57. The first-order chi connectivity index (χ1) is 7.97. The average Bonchev–Trinajstić information content (AvgIpc) is 2.50. The van der Waals surface area contributed by atoms with E-state index in [9.17, 15) is 4.79 Å². The molecular weight excluding hydrogens is 212 g/mol. The summed E-state index contributed by atoms with van der Waals surface area (Å²) in [4.78, 5) is 14.4. The first-order valence-electron chi connectivity index (χ1n) is 7.05. The largest absolute Gasteiger partial charge is 0.323 e. The van der Waals surface area contributed by atoms with Crippen molar-refractivity contribution in [2.24, 2.45) is 5.92 Å². The van der Waals surface area contributed by atoms with Crippen molar-refractivity contribution in [2.75, 3.05) is 0 Å². The standard InChI is InChI=1S/C14H28N2O/c1-6-7-8-11(4)16-12(5)15-13(14(16)17)9-10(2)3/h10-13,15H,6-9H2,1-5H3. The summed E-state index contributed by atoms with van der Waals surface area (Å²) in [6.07, 6.45) is 4.65. The number of hydrogen-bond acceptors (Lipinski definition) is 2. The lowest BCUT2D eigenvalue weighted by Crippen LogP contribution is -2.41. The maximum atomic E-state index is 12.3. The second-order valence-electron chi connectivity index (χ2n) is 5.76. The van der Waals surface area contributed by atoms with Gasteiger partial charge in [0.05, 0.1) is 12.2 Å². The Morgan fingerprint density at radius 3 is 2.53 bits per heavy atom. The highest BCUT2D eigenvalue weighted by atomic mass is 16.2. The molecule has 1 heterocycles. The molecule has 0 aromatic rings. The molecule has 3 unspecified atom stereocenters. The van der Waals surface area contributed by atoms with Crippen LogP contribution in [0, 0.1) is 5.92 Å². The second-order valence-corrected chi connectivity index (χ2v) is 5.76. The quantitative estimate of drug-likeness (QED) is 0.774. The Morgan fingerprint density at radius 1 is 1.35 bits per heavy atom. The van der Waals surface area contributed by atoms with Gasteiger partial charge in [-0.1, -0.05) is 33.6 Å². The molecule has 0 bridgehead atoms. The Hall–Kier alpha value is -0.570. The minimum absolute atomic E-state index is 0.0362. The molecule has 1 saturated heterocycles. The van der Waals surface area contributed by atoms with Gasteiger partial charge in [0.2, 0.25) is 5.91 Å². The van der Waals surface area contributed by atoms with Crippen molar-refractivity contribution in [3.05, 3.63) is 0 Å². The Labute approximate surface area is 106 Å². The third kappa shape index (κ3) is 3.70. The molecule has 0 aromatic heterocycles. The molecular formula is C14H28N2O. The van der Waals surface area contributed by atoms with Crippen LogP contribution in [0.3, 0.4) is 0 Å². The SMILES string of the molecule is CCCCC(C)N1C(=O)C(CC(C)C)NC1C. The molecule has 1 amide bonds. The van der Waals surface area contributed by atoms with Crippen molar-refractivity contribution in [3.8, 4) is 0 Å². The molecule has 100 valence electrons. The van der Waals surface area contributed by atoms with Crippen molar-refractivity contribution in [3.63, 3.8) is 0 Å². The van der Waals surface area contributed by atoms with Crippen molar-refractivity contribution >= 4 is 5.91 Å². The van der Waals surface area contributed by atoms with Crippen LogP contribution in [-0.4, -0.2) is 29.1 Å². The van der Waals surface area contributed by atoms with Crippen LogP contribution in [0.1, 0.15) is 60.3 Å². The molecule has 1 N–H and O–H groups in total. The van der Waals surface area contributed by atoms with E-state index in [2.05, 4.69) is 39.9 Å². The molecule has 0 aliphatic carbocycles. The molecule has 3 atom stereocenters. The van der Waals surface area contributed by atoms with Gasteiger partial charge in [-0.05, 0) is 32.6 Å². The summed E-state index contributed by atoms with van der Waals surface area (Å²) in [6.45, 7) is 10.8. The second kappa shape index (κ2) is 6.39. The summed E-state index contributed by atoms with van der Waals surface area (Å²) < 4.78 is 0. The fourth-order valence-corrected chi connectivity index (χ4v) is 2.69. The van der Waals surface area contributed by atoms with Crippen molar-refractivity contribution in [1.82, 2.24) is 10.2 Å². The summed E-state index contributed by atoms with van der Waals surface area (Å²) >= 11 is 0. The zero-order valence-electron chi connectivity index (χ0n) is 12.0. The lowest BCUT2D eigenvalue weighted by atomic mass is 10.0. The molecule has 1 fully saturated rings. The lowest BCUT2D eigenvalue weighted by molar-refractivity contribution is -0.132. The summed E-state index contributed by atoms with van der Waals surface area (Å²) in [5.74, 6) is 0.865. The molecule has 0 aromatic carbocycles. The smallest absolute Gasteiger partial charge is 0.241 e. The first-order valence-corrected chi connectivity index (χ1v) is 7.05. The van der Waals surface area contributed by atoms with E-state index in [0.29, 0.717) is 17.9 Å². The molecule has 1 rings (SSSR count). The Kier molecular flexibility index (Phi) is 5.44. The Balaban J connectivity index is 2.58. The maximum Gasteiger partial charge on any atom is 0.241 e. The van der Waals surface area contributed by atoms with Crippen molar-refractivity contribution in [2.45, 2.75) is 78.6 Å². The molecule has 0 radical (unpaired) electrons. The molecule has 17 heavy (non-hydrogen) atoms. The van der Waals surface area contributed by atoms with Crippen LogP contribution >= 0.6 is 0 Å². The van der Waals surface area contributed by atoms with E-state index < -0.39 is 0 Å². The van der Waals surface area contributed by atoms with E-state index in [4.69, 9.17) is 0 Å². The summed E-state index contributed by atoms with van der Waals surface area (Å²) in [6, 6.07) is 0.399. The highest BCUT2D eigenvalue weighted by Gasteiger charge is 2.38. The Bertz CT molecular complexity index is 253. The minimum Gasteiger partial charge on any atom is -0.323 e. The maximum absolute atomic E-state index is 12.3. The highest BCUT2D eigenvalue weighted by Crippen LogP contribution is 2.21. The fraction of sp³-hybridized carbons (Fsp3) is 0.929. The first kappa shape index (κ1) is 14.5. The van der Waals surface area contributed by atoms with E-state index in [1.54, 1.807) is 0 Å². The van der Waals surface area contributed by atoms with Crippen LogP contribution in [0.2, 0.25) is 0 Å². The average molecular weight is 240 g/mol. The van der Waals surface area contributed by atoms with Crippen LogP contribution in [0.4, 0.5) is 0 Å². The molecule has 3 nitrogen and oxygen atoms in total. The van der Waals surface area contributed by atoms with Gasteiger partial charge in [-0.15, -0.1) is 0 Å². The highest BCUT2D eigenvalue weighted by molar-refractivity contribution is 5.84. The van der Waals surface area contributed by atoms with Gasteiger partial charge in [0.15, 0.2) is 0 Å². The van der Waals surface area contributed by atoms with E-state index >= 15 is 0 Å². The van der Waals surface area contributed by atoms with Gasteiger partial charge in [-0.2, -0.15) is 0 Å².